The van der Waals surface area contributed by atoms with Gasteiger partial charge in [-0.25, -0.2) is 9.18 Å². The van der Waals surface area contributed by atoms with Gasteiger partial charge in [-0.2, -0.15) is 0 Å². The van der Waals surface area contributed by atoms with E-state index in [1.165, 1.54) is 29.0 Å². The first kappa shape index (κ1) is 30.5. The number of hydrogen-bond acceptors (Lipinski definition) is 5. The molecule has 1 aromatic heterocycles. The Hall–Kier alpha value is -3.92. The summed E-state index contributed by atoms with van der Waals surface area (Å²) in [5.41, 5.74) is 1.15. The van der Waals surface area contributed by atoms with Crippen molar-refractivity contribution >= 4 is 23.4 Å². The lowest BCUT2D eigenvalue weighted by Gasteiger charge is -2.38. The molecule has 228 valence electrons. The summed E-state index contributed by atoms with van der Waals surface area (Å²) in [6.45, 7) is 4.81. The molecule has 2 aliphatic rings. The van der Waals surface area contributed by atoms with Gasteiger partial charge in [0.2, 0.25) is 11.8 Å². The molecule has 0 saturated carbocycles. The van der Waals surface area contributed by atoms with Crippen LogP contribution >= 0.6 is 11.6 Å². The van der Waals surface area contributed by atoms with E-state index in [0.717, 1.165) is 27.9 Å². The van der Waals surface area contributed by atoms with Gasteiger partial charge in [-0.15, -0.1) is 0 Å². The first-order valence-electron chi connectivity index (χ1n) is 14.7. The number of benzene rings is 2. The van der Waals surface area contributed by atoms with Gasteiger partial charge in [0, 0.05) is 43.5 Å². The number of piperidine rings is 1. The Labute approximate surface area is 254 Å². The van der Waals surface area contributed by atoms with Crippen molar-refractivity contribution in [1.29, 1.82) is 0 Å². The topological polar surface area (TPSA) is 93.8 Å². The third kappa shape index (κ3) is 6.11. The Bertz CT molecular complexity index is 1660. The number of carbonyl (C=O) groups is 2. The normalized spacial score (nSPS) is 16.5. The molecular weight excluding hydrogens is 575 g/mol. The van der Waals surface area contributed by atoms with Crippen LogP contribution in [-0.2, 0) is 29.0 Å². The zero-order valence-corrected chi connectivity index (χ0v) is 25.4. The first-order chi connectivity index (χ1) is 20.6. The number of ether oxygens (including phenoxy) is 1. The molecule has 9 nitrogen and oxygen atoms in total. The molecule has 43 heavy (non-hydrogen) atoms. The lowest BCUT2D eigenvalue weighted by molar-refractivity contribution is -0.136. The molecule has 2 aliphatic heterocycles. The molecule has 5 rings (SSSR count). The van der Waals surface area contributed by atoms with E-state index < -0.39 is 23.1 Å². The van der Waals surface area contributed by atoms with Crippen LogP contribution in [-0.4, -0.2) is 63.5 Å². The van der Waals surface area contributed by atoms with Gasteiger partial charge in [-0.05, 0) is 61.9 Å². The number of likely N-dealkylation sites (tertiary alicyclic amines) is 1. The zero-order chi connectivity index (χ0) is 30.8. The van der Waals surface area contributed by atoms with Crippen LogP contribution in [0.1, 0.15) is 50.3 Å². The average Bonchev–Trinajstić information content (AvgIpc) is 3.17. The van der Waals surface area contributed by atoms with E-state index in [1.807, 2.05) is 30.0 Å². The molecule has 3 heterocycles. The highest BCUT2D eigenvalue weighted by atomic mass is 35.5. The molecule has 11 heteroatoms. The van der Waals surface area contributed by atoms with E-state index >= 15 is 0 Å². The highest BCUT2D eigenvalue weighted by Gasteiger charge is 2.32. The molecular formula is C32H36ClFN4O5. The van der Waals surface area contributed by atoms with Gasteiger partial charge in [0.1, 0.15) is 18.1 Å². The second-order valence-corrected chi connectivity index (χ2v) is 11.6. The molecule has 3 aromatic rings. The van der Waals surface area contributed by atoms with E-state index in [4.69, 9.17) is 16.3 Å². The highest BCUT2D eigenvalue weighted by molar-refractivity contribution is 6.33. The van der Waals surface area contributed by atoms with Crippen molar-refractivity contribution in [2.24, 2.45) is 0 Å². The van der Waals surface area contributed by atoms with Crippen LogP contribution in [0.5, 0.6) is 5.75 Å². The van der Waals surface area contributed by atoms with Gasteiger partial charge in [0.15, 0.2) is 0 Å². The van der Waals surface area contributed by atoms with Crippen LogP contribution in [0.2, 0.25) is 5.02 Å². The van der Waals surface area contributed by atoms with E-state index in [1.54, 1.807) is 18.9 Å². The Morgan fingerprint density at radius 3 is 2.51 bits per heavy atom. The Morgan fingerprint density at radius 1 is 1.07 bits per heavy atom. The van der Waals surface area contributed by atoms with Crippen LogP contribution in [0.4, 0.5) is 4.39 Å². The van der Waals surface area contributed by atoms with Crippen LogP contribution in [0, 0.1) is 5.82 Å². The quantitative estimate of drug-likeness (QED) is 0.402. The summed E-state index contributed by atoms with van der Waals surface area (Å²) in [6.07, 6.45) is 4.14. The van der Waals surface area contributed by atoms with Gasteiger partial charge < -0.3 is 14.5 Å². The van der Waals surface area contributed by atoms with Gasteiger partial charge in [0.25, 0.3) is 5.56 Å². The van der Waals surface area contributed by atoms with Crippen molar-refractivity contribution in [2.75, 3.05) is 26.7 Å². The molecule has 0 unspecified atom stereocenters. The number of amides is 2. The number of rotatable bonds is 7. The average molecular weight is 611 g/mol. The highest BCUT2D eigenvalue weighted by Crippen LogP contribution is 2.28. The van der Waals surface area contributed by atoms with Crippen LogP contribution in [0.25, 0.3) is 11.1 Å². The van der Waals surface area contributed by atoms with E-state index in [0.29, 0.717) is 45.3 Å². The lowest BCUT2D eigenvalue weighted by Crippen LogP contribution is -2.50. The fourth-order valence-corrected chi connectivity index (χ4v) is 6.25. The fourth-order valence-electron chi connectivity index (χ4n) is 6.03. The van der Waals surface area contributed by atoms with E-state index in [-0.39, 0.29) is 40.6 Å². The van der Waals surface area contributed by atoms with Gasteiger partial charge >= 0.3 is 5.69 Å². The van der Waals surface area contributed by atoms with Gasteiger partial charge in [-0.3, -0.25) is 23.5 Å². The summed E-state index contributed by atoms with van der Waals surface area (Å²) in [4.78, 5) is 57.0. The van der Waals surface area contributed by atoms with Crippen molar-refractivity contribution in [1.82, 2.24) is 18.9 Å². The SMILES string of the molecule is CC[C@H](C)n1c(=O)c(-c2cccc(F)c2Cl)cn(CC(=O)N2CCC(N3CCc4cc(OC)ccc4CC3=O)CC2)c1=O. The number of nitrogens with zero attached hydrogens (tertiary/aromatic N) is 4. The fraction of sp³-hybridized carbons (Fsp3) is 0.438. The third-order valence-electron chi connectivity index (χ3n) is 8.72. The summed E-state index contributed by atoms with van der Waals surface area (Å²) < 4.78 is 21.9. The van der Waals surface area contributed by atoms with Gasteiger partial charge in [0.05, 0.1) is 24.1 Å². The molecule has 0 spiro atoms. The van der Waals surface area contributed by atoms with Crippen molar-refractivity contribution in [3.63, 3.8) is 0 Å². The summed E-state index contributed by atoms with van der Waals surface area (Å²) in [5.74, 6) is -0.0999. The molecule has 0 N–H and O–H groups in total. The molecule has 0 aliphatic carbocycles. The first-order valence-corrected chi connectivity index (χ1v) is 15.0. The van der Waals surface area contributed by atoms with Gasteiger partial charge in [-0.1, -0.05) is 36.7 Å². The Morgan fingerprint density at radius 2 is 1.81 bits per heavy atom. The summed E-state index contributed by atoms with van der Waals surface area (Å²) >= 11 is 6.20. The van der Waals surface area contributed by atoms with Crippen molar-refractivity contribution in [3.8, 4) is 16.9 Å². The maximum atomic E-state index is 14.3. The predicted molar refractivity (Wildman–Crippen MR) is 162 cm³/mol. The number of fused-ring (bicyclic) bond motifs is 1. The van der Waals surface area contributed by atoms with Crippen LogP contribution in [0.3, 0.4) is 0 Å². The number of carbonyl (C=O) groups excluding carboxylic acids is 2. The monoisotopic (exact) mass is 610 g/mol. The maximum absolute atomic E-state index is 14.3. The summed E-state index contributed by atoms with van der Waals surface area (Å²) in [6, 6.07) is 9.55. The molecule has 1 saturated heterocycles. The Kier molecular flexibility index (Phi) is 9.05. The second-order valence-electron chi connectivity index (χ2n) is 11.2. The van der Waals surface area contributed by atoms with Crippen LogP contribution in [0.15, 0.2) is 52.2 Å². The molecule has 2 amide bonds. The minimum atomic E-state index is -0.683. The zero-order valence-electron chi connectivity index (χ0n) is 24.6. The minimum Gasteiger partial charge on any atom is -0.497 e. The molecule has 2 aromatic carbocycles. The third-order valence-corrected chi connectivity index (χ3v) is 9.10. The van der Waals surface area contributed by atoms with Crippen molar-refractivity contribution in [3.05, 3.63) is 85.4 Å². The molecule has 1 fully saturated rings. The smallest absolute Gasteiger partial charge is 0.331 e. The van der Waals surface area contributed by atoms with E-state index in [2.05, 4.69) is 0 Å². The Balaban J connectivity index is 1.32. The van der Waals surface area contributed by atoms with Crippen molar-refractivity contribution in [2.45, 2.75) is 64.6 Å². The van der Waals surface area contributed by atoms with E-state index in [9.17, 15) is 23.6 Å². The minimum absolute atomic E-state index is 0.0181. The van der Waals surface area contributed by atoms with Crippen LogP contribution < -0.4 is 16.0 Å². The lowest BCUT2D eigenvalue weighted by atomic mass is 10.0. The van der Waals surface area contributed by atoms with Crippen molar-refractivity contribution < 1.29 is 18.7 Å². The predicted octanol–water partition coefficient (Wildman–Crippen LogP) is 4.07. The molecule has 0 bridgehead atoms. The molecule has 1 atom stereocenters. The number of methoxy groups -OCH3 is 1. The summed E-state index contributed by atoms with van der Waals surface area (Å²) in [5, 5.41) is -0.223. The second kappa shape index (κ2) is 12.8. The largest absolute Gasteiger partial charge is 0.497 e. The maximum Gasteiger partial charge on any atom is 0.331 e. The summed E-state index contributed by atoms with van der Waals surface area (Å²) in [7, 11) is 1.63. The number of aromatic nitrogens is 2. The standard InChI is InChI=1S/C32H36ClFN4O5/c1-4-20(2)38-31(41)26(25-6-5-7-27(34)30(25)33)18-36(32(38)42)19-29(40)35-13-11-23(12-14-35)37-15-10-22-16-24(43-3)9-8-21(22)17-28(37)39/h5-9,16,18,20,23H,4,10-15,17,19H2,1-3H3/t20-/m0/s1. The number of halogens is 2. The molecule has 0 radical (unpaired) electrons. The number of hydrogen-bond donors (Lipinski definition) is 0.